The maximum atomic E-state index is 12.0. The molecular weight excluding hydrogens is 278 g/mol. The summed E-state index contributed by atoms with van der Waals surface area (Å²) in [6.45, 7) is 5.17. The van der Waals surface area contributed by atoms with Crippen molar-refractivity contribution in [2.45, 2.75) is 6.42 Å². The van der Waals surface area contributed by atoms with Crippen molar-refractivity contribution in [2.75, 3.05) is 57.5 Å². The molecule has 1 aliphatic heterocycles. The van der Waals surface area contributed by atoms with Crippen molar-refractivity contribution >= 4 is 28.2 Å². The molecule has 7 nitrogen and oxygen atoms in total. The molecule has 2 heterocycles. The first kappa shape index (κ1) is 15.0. The molecule has 0 aliphatic carbocycles. The lowest BCUT2D eigenvalue weighted by atomic mass is 10.3. The number of nitrogens with one attached hydrogen (secondary N) is 2. The van der Waals surface area contributed by atoms with E-state index in [1.807, 2.05) is 0 Å². The minimum atomic E-state index is -0.150. The van der Waals surface area contributed by atoms with Gasteiger partial charge in [0.15, 0.2) is 5.13 Å². The summed E-state index contributed by atoms with van der Waals surface area (Å²) >= 11 is 1.27. The summed E-state index contributed by atoms with van der Waals surface area (Å²) < 4.78 is 5.29. The number of carbonyl (C=O) groups is 1. The molecule has 1 aromatic heterocycles. The summed E-state index contributed by atoms with van der Waals surface area (Å²) in [6, 6.07) is 0. The fourth-order valence-electron chi connectivity index (χ4n) is 2.01. The van der Waals surface area contributed by atoms with Crippen LogP contribution in [-0.4, -0.2) is 62.2 Å². The lowest BCUT2D eigenvalue weighted by molar-refractivity contribution is 0.0374. The highest BCUT2D eigenvalue weighted by Crippen LogP contribution is 2.24. The van der Waals surface area contributed by atoms with Crippen molar-refractivity contribution in [2.24, 2.45) is 0 Å². The Hall–Kier alpha value is -1.38. The van der Waals surface area contributed by atoms with E-state index in [1.54, 1.807) is 7.05 Å². The number of rotatable bonds is 6. The largest absolute Gasteiger partial charge is 0.382 e. The van der Waals surface area contributed by atoms with Gasteiger partial charge in [0.2, 0.25) is 0 Å². The van der Waals surface area contributed by atoms with E-state index in [-0.39, 0.29) is 11.7 Å². The molecule has 0 aromatic carbocycles. The maximum Gasteiger partial charge on any atom is 0.265 e. The van der Waals surface area contributed by atoms with Gasteiger partial charge in [-0.3, -0.25) is 9.69 Å². The normalized spacial score (nSPS) is 16.1. The summed E-state index contributed by atoms with van der Waals surface area (Å²) in [5.41, 5.74) is 5.72. The zero-order valence-corrected chi connectivity index (χ0v) is 12.5. The van der Waals surface area contributed by atoms with Gasteiger partial charge in [-0.05, 0) is 13.0 Å². The van der Waals surface area contributed by atoms with E-state index in [9.17, 15) is 4.79 Å². The number of aromatic nitrogens is 1. The monoisotopic (exact) mass is 299 g/mol. The minimum absolute atomic E-state index is 0.150. The molecule has 1 saturated heterocycles. The number of amides is 1. The molecule has 1 amide bonds. The zero-order chi connectivity index (χ0) is 14.4. The van der Waals surface area contributed by atoms with Crippen LogP contribution in [0.25, 0.3) is 0 Å². The van der Waals surface area contributed by atoms with Crippen LogP contribution in [0.5, 0.6) is 0 Å². The molecule has 112 valence electrons. The fourth-order valence-corrected chi connectivity index (χ4v) is 2.77. The highest BCUT2D eigenvalue weighted by Gasteiger charge is 2.15. The van der Waals surface area contributed by atoms with Crippen LogP contribution >= 0.6 is 11.3 Å². The average Bonchev–Trinajstić information content (AvgIpc) is 2.86. The van der Waals surface area contributed by atoms with Gasteiger partial charge in [-0.25, -0.2) is 4.98 Å². The molecular formula is C12H21N5O2S. The van der Waals surface area contributed by atoms with Crippen LogP contribution in [0.4, 0.5) is 10.9 Å². The summed E-state index contributed by atoms with van der Waals surface area (Å²) in [5.74, 6) is 0.133. The first-order valence-corrected chi connectivity index (χ1v) is 7.54. The van der Waals surface area contributed by atoms with E-state index in [0.29, 0.717) is 16.6 Å². The predicted octanol–water partition coefficient (Wildman–Crippen LogP) is 0.219. The number of nitrogens with zero attached hydrogens (tertiary/aromatic N) is 2. The summed E-state index contributed by atoms with van der Waals surface area (Å²) in [6.07, 6.45) is 0.920. The van der Waals surface area contributed by atoms with Gasteiger partial charge >= 0.3 is 0 Å². The Balaban J connectivity index is 1.70. The summed E-state index contributed by atoms with van der Waals surface area (Å²) in [7, 11) is 1.75. The van der Waals surface area contributed by atoms with Gasteiger partial charge in [-0.15, -0.1) is 0 Å². The topological polar surface area (TPSA) is 92.5 Å². The predicted molar refractivity (Wildman–Crippen MR) is 80.3 cm³/mol. The third kappa shape index (κ3) is 4.06. The van der Waals surface area contributed by atoms with Gasteiger partial charge in [0.1, 0.15) is 10.7 Å². The van der Waals surface area contributed by atoms with Crippen molar-refractivity contribution in [3.8, 4) is 0 Å². The Kier molecular flexibility index (Phi) is 5.57. The number of hydrogen-bond acceptors (Lipinski definition) is 7. The van der Waals surface area contributed by atoms with E-state index in [2.05, 4.69) is 20.5 Å². The first-order chi connectivity index (χ1) is 9.70. The molecule has 1 fully saturated rings. The molecule has 0 atom stereocenters. The van der Waals surface area contributed by atoms with Crippen molar-refractivity contribution < 1.29 is 9.53 Å². The molecule has 0 unspecified atom stereocenters. The Morgan fingerprint density at radius 3 is 2.90 bits per heavy atom. The Bertz CT molecular complexity index is 445. The lowest BCUT2D eigenvalue weighted by Crippen LogP contribution is -2.38. The maximum absolute atomic E-state index is 12.0. The van der Waals surface area contributed by atoms with E-state index >= 15 is 0 Å². The van der Waals surface area contributed by atoms with E-state index < -0.39 is 0 Å². The highest BCUT2D eigenvalue weighted by molar-refractivity contribution is 7.18. The minimum Gasteiger partial charge on any atom is -0.382 e. The third-order valence-electron chi connectivity index (χ3n) is 3.11. The molecule has 0 saturated carbocycles. The van der Waals surface area contributed by atoms with Gasteiger partial charge in [-0.2, -0.15) is 0 Å². The van der Waals surface area contributed by atoms with Gasteiger partial charge in [0.05, 0.1) is 13.2 Å². The number of carbonyl (C=O) groups excluding carboxylic acids is 1. The SMILES string of the molecule is CNc1nc(N)c(C(=O)NCCCN2CCOCC2)s1. The molecule has 1 aliphatic rings. The summed E-state index contributed by atoms with van der Waals surface area (Å²) in [4.78, 5) is 18.8. The third-order valence-corrected chi connectivity index (χ3v) is 4.20. The van der Waals surface area contributed by atoms with E-state index in [1.165, 1.54) is 11.3 Å². The van der Waals surface area contributed by atoms with Gasteiger partial charge in [-0.1, -0.05) is 11.3 Å². The Morgan fingerprint density at radius 1 is 1.50 bits per heavy atom. The van der Waals surface area contributed by atoms with Crippen molar-refractivity contribution in [3.05, 3.63) is 4.88 Å². The Labute approximate surface area is 122 Å². The number of hydrogen-bond donors (Lipinski definition) is 3. The van der Waals surface area contributed by atoms with Crippen molar-refractivity contribution in [1.82, 2.24) is 15.2 Å². The zero-order valence-electron chi connectivity index (χ0n) is 11.6. The Morgan fingerprint density at radius 2 is 2.25 bits per heavy atom. The second-order valence-electron chi connectivity index (χ2n) is 4.55. The number of morpholine rings is 1. The van der Waals surface area contributed by atoms with Gasteiger partial charge < -0.3 is 21.1 Å². The van der Waals surface area contributed by atoms with Crippen LogP contribution in [0.15, 0.2) is 0 Å². The van der Waals surface area contributed by atoms with Crippen LogP contribution in [0.3, 0.4) is 0 Å². The second-order valence-corrected chi connectivity index (χ2v) is 5.55. The second kappa shape index (κ2) is 7.41. The van der Waals surface area contributed by atoms with Crippen LogP contribution in [0.1, 0.15) is 16.1 Å². The van der Waals surface area contributed by atoms with Crippen LogP contribution < -0.4 is 16.4 Å². The van der Waals surface area contributed by atoms with E-state index in [0.717, 1.165) is 39.3 Å². The molecule has 2 rings (SSSR count). The van der Waals surface area contributed by atoms with Gasteiger partial charge in [0, 0.05) is 26.7 Å². The quantitative estimate of drug-likeness (QED) is 0.651. The lowest BCUT2D eigenvalue weighted by Gasteiger charge is -2.26. The molecule has 1 aromatic rings. The molecule has 0 spiro atoms. The number of thiazole rings is 1. The number of ether oxygens (including phenoxy) is 1. The summed E-state index contributed by atoms with van der Waals surface area (Å²) in [5, 5.41) is 6.42. The molecule has 8 heteroatoms. The molecule has 0 bridgehead atoms. The van der Waals surface area contributed by atoms with E-state index in [4.69, 9.17) is 10.5 Å². The average molecular weight is 299 g/mol. The number of nitrogen functional groups attached to an aromatic ring is 1. The smallest absolute Gasteiger partial charge is 0.265 e. The van der Waals surface area contributed by atoms with Crippen LogP contribution in [0, 0.1) is 0 Å². The van der Waals surface area contributed by atoms with Crippen molar-refractivity contribution in [3.63, 3.8) is 0 Å². The molecule has 0 radical (unpaired) electrons. The molecule has 20 heavy (non-hydrogen) atoms. The highest BCUT2D eigenvalue weighted by atomic mass is 32.1. The van der Waals surface area contributed by atoms with Crippen LogP contribution in [-0.2, 0) is 4.74 Å². The van der Waals surface area contributed by atoms with Gasteiger partial charge in [0.25, 0.3) is 5.91 Å². The first-order valence-electron chi connectivity index (χ1n) is 6.73. The van der Waals surface area contributed by atoms with Crippen LogP contribution in [0.2, 0.25) is 0 Å². The number of anilines is 2. The standard InChI is InChI=1S/C12H21N5O2S/c1-14-12-16-10(13)9(20-12)11(18)15-3-2-4-17-5-7-19-8-6-17/h2-8,13H2,1H3,(H,14,16)(H,15,18). The van der Waals surface area contributed by atoms with Crippen molar-refractivity contribution in [1.29, 1.82) is 0 Å². The number of nitrogens with two attached hydrogens (primary N) is 1. The fraction of sp³-hybridized carbons (Fsp3) is 0.667. The molecule has 4 N–H and O–H groups in total.